The predicted octanol–water partition coefficient (Wildman–Crippen LogP) is 3.03. The fourth-order valence-corrected chi connectivity index (χ4v) is 3.11. The molecule has 1 aromatic carbocycles. The van der Waals surface area contributed by atoms with Gasteiger partial charge in [0.05, 0.1) is 22.4 Å². The first-order chi connectivity index (χ1) is 10.8. The molecule has 8 heteroatoms. The van der Waals surface area contributed by atoms with Gasteiger partial charge in [-0.15, -0.1) is 0 Å². The Morgan fingerprint density at radius 3 is 2.78 bits per heavy atom. The summed E-state index contributed by atoms with van der Waals surface area (Å²) in [4.78, 5) is 23.3. The van der Waals surface area contributed by atoms with Crippen LogP contribution in [0.5, 0.6) is 0 Å². The second kappa shape index (κ2) is 7.33. The summed E-state index contributed by atoms with van der Waals surface area (Å²) in [7, 11) is 0. The van der Waals surface area contributed by atoms with E-state index in [0.717, 1.165) is 17.8 Å². The molecule has 5 nitrogen and oxygen atoms in total. The number of esters is 1. The molecule has 0 bridgehead atoms. The molecule has 0 saturated heterocycles. The third kappa shape index (κ3) is 3.85. The maximum absolute atomic E-state index is 13.7. The van der Waals surface area contributed by atoms with Crippen molar-refractivity contribution in [2.75, 3.05) is 17.7 Å². The first-order valence-corrected chi connectivity index (χ1v) is 8.19. The Morgan fingerprint density at radius 2 is 2.17 bits per heavy atom. The van der Waals surface area contributed by atoms with Gasteiger partial charge < -0.3 is 15.2 Å². The molecule has 1 atom stereocenters. The van der Waals surface area contributed by atoms with Crippen LogP contribution in [-0.4, -0.2) is 29.2 Å². The van der Waals surface area contributed by atoms with E-state index >= 15 is 0 Å². The van der Waals surface area contributed by atoms with E-state index in [-0.39, 0.29) is 34.3 Å². The van der Waals surface area contributed by atoms with Gasteiger partial charge in [-0.1, -0.05) is 23.4 Å². The van der Waals surface area contributed by atoms with Crippen LogP contribution >= 0.6 is 23.4 Å². The average molecular weight is 360 g/mol. The molecular weight excluding hydrogens is 345 g/mol. The number of anilines is 1. The summed E-state index contributed by atoms with van der Waals surface area (Å²) in [5.74, 6) is -1.40. The molecule has 0 aliphatic carbocycles. The van der Waals surface area contributed by atoms with Crippen LogP contribution in [0.4, 0.5) is 10.1 Å². The standard InChI is InChI=1S/C15H15ClFNO4S/c1-3-22-15(21)12-13(20)8-4-10(17)9(16)5-11(8)18-14(12)23-6-7(2)19/h4-5,13,18,20H,3,6H2,1-2H3. The molecule has 1 unspecified atom stereocenters. The minimum Gasteiger partial charge on any atom is -0.462 e. The number of hydrogen-bond donors (Lipinski definition) is 2. The largest absolute Gasteiger partial charge is 0.462 e. The van der Waals surface area contributed by atoms with Crippen LogP contribution < -0.4 is 5.32 Å². The van der Waals surface area contributed by atoms with E-state index in [1.807, 2.05) is 0 Å². The Kier molecular flexibility index (Phi) is 5.67. The van der Waals surface area contributed by atoms with Crippen molar-refractivity contribution < 1.29 is 23.8 Å². The Hall–Kier alpha value is -1.57. The van der Waals surface area contributed by atoms with Crippen LogP contribution in [0.3, 0.4) is 0 Å². The van der Waals surface area contributed by atoms with Crippen LogP contribution in [0, 0.1) is 5.82 Å². The third-order valence-corrected chi connectivity index (χ3v) is 4.52. The normalized spacial score (nSPS) is 16.7. The smallest absolute Gasteiger partial charge is 0.339 e. The van der Waals surface area contributed by atoms with Gasteiger partial charge in [0, 0.05) is 11.3 Å². The van der Waals surface area contributed by atoms with Gasteiger partial charge in [-0.05, 0) is 26.0 Å². The number of fused-ring (bicyclic) bond motifs is 1. The van der Waals surface area contributed by atoms with Crippen molar-refractivity contribution in [3.63, 3.8) is 0 Å². The van der Waals surface area contributed by atoms with Gasteiger partial charge >= 0.3 is 5.97 Å². The summed E-state index contributed by atoms with van der Waals surface area (Å²) in [5, 5.41) is 13.6. The molecule has 1 heterocycles. The minimum absolute atomic E-state index is 0.0488. The highest BCUT2D eigenvalue weighted by Crippen LogP contribution is 2.41. The van der Waals surface area contributed by atoms with Gasteiger partial charge in [0.25, 0.3) is 0 Å². The van der Waals surface area contributed by atoms with Crippen LogP contribution in [-0.2, 0) is 14.3 Å². The van der Waals surface area contributed by atoms with Crippen molar-refractivity contribution in [1.29, 1.82) is 0 Å². The number of carbonyl (C=O) groups is 2. The Bertz CT molecular complexity index is 692. The van der Waals surface area contributed by atoms with E-state index in [0.29, 0.717) is 10.7 Å². The van der Waals surface area contributed by atoms with Gasteiger partial charge in [-0.3, -0.25) is 4.79 Å². The molecule has 23 heavy (non-hydrogen) atoms. The van der Waals surface area contributed by atoms with E-state index in [2.05, 4.69) is 5.32 Å². The molecular formula is C15H15ClFNO4S. The van der Waals surface area contributed by atoms with Crippen molar-refractivity contribution >= 4 is 40.8 Å². The zero-order valence-corrected chi connectivity index (χ0v) is 14.1. The monoisotopic (exact) mass is 359 g/mol. The van der Waals surface area contributed by atoms with E-state index in [9.17, 15) is 19.1 Å². The number of hydrogen-bond acceptors (Lipinski definition) is 6. The highest BCUT2D eigenvalue weighted by Gasteiger charge is 2.33. The Labute approximate surface area is 141 Å². The summed E-state index contributed by atoms with van der Waals surface area (Å²) in [6, 6.07) is 2.40. The van der Waals surface area contributed by atoms with Crippen molar-refractivity contribution in [1.82, 2.24) is 0 Å². The fourth-order valence-electron chi connectivity index (χ4n) is 2.07. The molecule has 0 amide bonds. The van der Waals surface area contributed by atoms with E-state index < -0.39 is 17.9 Å². The first kappa shape index (κ1) is 17.8. The lowest BCUT2D eigenvalue weighted by molar-refractivity contribution is -0.139. The molecule has 1 aliphatic rings. The highest BCUT2D eigenvalue weighted by molar-refractivity contribution is 8.03. The number of carbonyl (C=O) groups excluding carboxylic acids is 2. The summed E-state index contributed by atoms with van der Waals surface area (Å²) >= 11 is 6.82. The van der Waals surface area contributed by atoms with Crippen molar-refractivity contribution in [3.8, 4) is 0 Å². The molecule has 1 aromatic rings. The maximum Gasteiger partial charge on any atom is 0.339 e. The summed E-state index contributed by atoms with van der Waals surface area (Å²) in [6.07, 6.45) is -1.37. The topological polar surface area (TPSA) is 75.6 Å². The van der Waals surface area contributed by atoms with Crippen LogP contribution in [0.1, 0.15) is 25.5 Å². The van der Waals surface area contributed by atoms with Gasteiger partial charge in [-0.2, -0.15) is 0 Å². The molecule has 0 radical (unpaired) electrons. The number of aliphatic hydroxyl groups is 1. The molecule has 1 aliphatic heterocycles. The number of ether oxygens (including phenoxy) is 1. The van der Waals surface area contributed by atoms with E-state index in [1.54, 1.807) is 6.92 Å². The summed E-state index contributed by atoms with van der Waals surface area (Å²) < 4.78 is 18.6. The van der Waals surface area contributed by atoms with Crippen molar-refractivity contribution in [2.24, 2.45) is 0 Å². The molecule has 2 rings (SSSR count). The van der Waals surface area contributed by atoms with E-state index in [4.69, 9.17) is 16.3 Å². The molecule has 0 spiro atoms. The fraction of sp³-hybridized carbons (Fsp3) is 0.333. The highest BCUT2D eigenvalue weighted by atomic mass is 35.5. The minimum atomic E-state index is -1.37. The number of nitrogens with one attached hydrogen (secondary N) is 1. The van der Waals surface area contributed by atoms with Crippen LogP contribution in [0.2, 0.25) is 5.02 Å². The maximum atomic E-state index is 13.7. The molecule has 2 N–H and O–H groups in total. The van der Waals surface area contributed by atoms with Gasteiger partial charge in [0.15, 0.2) is 0 Å². The Morgan fingerprint density at radius 1 is 1.48 bits per heavy atom. The zero-order chi connectivity index (χ0) is 17.1. The van der Waals surface area contributed by atoms with Crippen molar-refractivity contribution in [3.05, 3.63) is 39.1 Å². The van der Waals surface area contributed by atoms with E-state index in [1.165, 1.54) is 13.0 Å². The second-order valence-corrected chi connectivity index (χ2v) is 6.23. The first-order valence-electron chi connectivity index (χ1n) is 6.82. The average Bonchev–Trinajstić information content (AvgIpc) is 2.47. The lowest BCUT2D eigenvalue weighted by atomic mass is 9.97. The molecule has 0 aromatic heterocycles. The number of ketones is 1. The lowest BCUT2D eigenvalue weighted by Crippen LogP contribution is -2.24. The van der Waals surface area contributed by atoms with Gasteiger partial charge in [0.2, 0.25) is 0 Å². The molecule has 0 saturated carbocycles. The number of rotatable bonds is 5. The van der Waals surface area contributed by atoms with Gasteiger partial charge in [-0.25, -0.2) is 9.18 Å². The number of benzene rings is 1. The lowest BCUT2D eigenvalue weighted by Gasteiger charge is -2.27. The SMILES string of the molecule is CCOC(=O)C1=C(SCC(C)=O)Nc2cc(Cl)c(F)cc2C1O. The molecule has 0 fully saturated rings. The number of halogens is 2. The van der Waals surface area contributed by atoms with Crippen LogP contribution in [0.15, 0.2) is 22.7 Å². The van der Waals surface area contributed by atoms with Crippen LogP contribution in [0.25, 0.3) is 0 Å². The summed E-state index contributed by atoms with van der Waals surface area (Å²) in [5.41, 5.74) is 0.512. The Balaban J connectivity index is 2.46. The van der Waals surface area contributed by atoms with Crippen molar-refractivity contribution in [2.45, 2.75) is 20.0 Å². The van der Waals surface area contributed by atoms with Gasteiger partial charge in [0.1, 0.15) is 23.3 Å². The number of thioether (sulfide) groups is 1. The quantitative estimate of drug-likeness (QED) is 0.787. The summed E-state index contributed by atoms with van der Waals surface area (Å²) in [6.45, 7) is 3.18. The third-order valence-electron chi connectivity index (χ3n) is 3.07. The second-order valence-electron chi connectivity index (χ2n) is 4.84. The number of Topliss-reactive ketones (excluding diaryl/α,β-unsaturated/α-hetero) is 1. The predicted molar refractivity (Wildman–Crippen MR) is 86.8 cm³/mol. The molecule has 124 valence electrons. The zero-order valence-electron chi connectivity index (χ0n) is 12.5. The number of aliphatic hydroxyl groups excluding tert-OH is 1.